The summed E-state index contributed by atoms with van der Waals surface area (Å²) >= 11 is 0. The van der Waals surface area contributed by atoms with E-state index >= 15 is 0 Å². The molecule has 0 amide bonds. The lowest BCUT2D eigenvalue weighted by molar-refractivity contribution is 0.669. The highest BCUT2D eigenvalue weighted by Gasteiger charge is 2.17. The van der Waals surface area contributed by atoms with Crippen LogP contribution in [0.15, 0.2) is 174 Å². The third-order valence-electron chi connectivity index (χ3n) is 8.05. The van der Waals surface area contributed by atoms with Crippen LogP contribution >= 0.6 is 0 Å². The van der Waals surface area contributed by atoms with Crippen molar-refractivity contribution in [1.82, 2.24) is 19.5 Å². The minimum Gasteiger partial charge on any atom is -0.456 e. The van der Waals surface area contributed by atoms with E-state index < -0.39 is 148 Å². The van der Waals surface area contributed by atoms with Crippen molar-refractivity contribution in [2.24, 2.45) is 0 Å². The number of hydrogen-bond acceptors (Lipinski definition) is 4. The van der Waals surface area contributed by atoms with Gasteiger partial charge in [0, 0.05) is 43.9 Å². The van der Waals surface area contributed by atoms with E-state index in [1.165, 1.54) is 0 Å². The number of furan rings is 1. The molecule has 0 fully saturated rings. The Kier molecular flexibility index (Phi) is 3.55. The second-order valence-corrected chi connectivity index (χ2v) is 11.1. The predicted molar refractivity (Wildman–Crippen MR) is 203 cm³/mol. The van der Waals surface area contributed by atoms with Gasteiger partial charge in [-0.2, -0.15) is 0 Å². The number of para-hydroxylation sites is 2. The first kappa shape index (κ1) is 15.6. The molecular formula is C45H28N4O. The zero-order valence-electron chi connectivity index (χ0n) is 43.5. The fourth-order valence-electron chi connectivity index (χ4n) is 5.76. The third kappa shape index (κ3) is 4.67. The van der Waals surface area contributed by atoms with E-state index in [1.807, 2.05) is 0 Å². The van der Waals surface area contributed by atoms with Gasteiger partial charge in [-0.1, -0.05) is 127 Å². The Balaban J connectivity index is 1.36. The molecule has 5 nitrogen and oxygen atoms in total. The van der Waals surface area contributed by atoms with E-state index in [-0.39, 0.29) is 44.6 Å². The molecule has 0 N–H and O–H groups in total. The van der Waals surface area contributed by atoms with Crippen molar-refractivity contribution in [1.29, 1.82) is 0 Å². The SMILES string of the molecule is [2H]c1c([2H])c(-c2c([2H])c([2H])c3c(oc4c([2H])c([2H])c([2H])c([2H])c43)c2[2H])c([2H])c(-n2c3c([2H])c([2H])c([2H])c([2H])c3c3c([2H])c([2H])c(-c4nc(-c5ccccc5)nc(-c5ccccc5)n4)c([2H])c32)c1[2H]. The Bertz CT molecular complexity index is 3840. The van der Waals surface area contributed by atoms with Crippen LogP contribution in [0.5, 0.6) is 0 Å². The monoisotopic (exact) mass is 658 g/mol. The molecule has 0 spiro atoms. The molecule has 3 aromatic heterocycles. The highest BCUT2D eigenvalue weighted by atomic mass is 16.3. The lowest BCUT2D eigenvalue weighted by Gasteiger charge is -2.12. The molecule has 0 atom stereocenters. The summed E-state index contributed by atoms with van der Waals surface area (Å²) < 4.78 is 169. The largest absolute Gasteiger partial charge is 0.456 e. The van der Waals surface area contributed by atoms with Gasteiger partial charge in [0.2, 0.25) is 0 Å². The molecule has 10 rings (SSSR count). The zero-order valence-corrected chi connectivity index (χ0v) is 25.5. The van der Waals surface area contributed by atoms with Gasteiger partial charge in [0.05, 0.1) is 35.7 Å². The van der Waals surface area contributed by atoms with Crippen molar-refractivity contribution in [3.8, 4) is 51.0 Å². The molecule has 5 heteroatoms. The Morgan fingerprint density at radius 1 is 0.420 bits per heavy atom. The zero-order chi connectivity index (χ0) is 48.7. The number of aromatic nitrogens is 4. The van der Waals surface area contributed by atoms with E-state index in [0.29, 0.717) is 11.1 Å². The number of rotatable bonds is 5. The van der Waals surface area contributed by atoms with Crippen LogP contribution in [0.2, 0.25) is 0 Å². The lowest BCUT2D eigenvalue weighted by atomic mass is 10.0. The average Bonchev–Trinajstić information content (AvgIpc) is 3.92. The Morgan fingerprint density at radius 2 is 1.00 bits per heavy atom. The van der Waals surface area contributed by atoms with Gasteiger partial charge in [-0.15, -0.1) is 0 Å². The normalized spacial score (nSPS) is 16.6. The lowest BCUT2D eigenvalue weighted by Crippen LogP contribution is -2.00. The average molecular weight is 659 g/mol. The first-order valence-electron chi connectivity index (χ1n) is 24.2. The highest BCUT2D eigenvalue weighted by molar-refractivity contribution is 6.10. The number of hydrogen-bond donors (Lipinski definition) is 0. The summed E-state index contributed by atoms with van der Waals surface area (Å²) in [6, 6.07) is 4.16. The molecule has 0 bridgehead atoms. The molecule has 7 aromatic carbocycles. The standard InChI is InChI=1S/C45H28N4O/c1-3-12-29(13-4-1)43-46-44(30-14-5-2-6-15-30)48-45(47-43)33-23-24-36-35-18-7-9-20-39(35)49(40(36)27-33)34-17-11-16-31(26-34)32-22-25-38-37-19-8-10-21-41(37)50-42(38)28-32/h1-28H/i7D,8D,9D,10D,11D,16D,17D,18D,19D,20D,21D,22D,23D,24D,25D,26D,27D,28D. The topological polar surface area (TPSA) is 56.7 Å². The van der Waals surface area contributed by atoms with Gasteiger partial charge in [0.1, 0.15) is 11.2 Å². The van der Waals surface area contributed by atoms with E-state index in [0.717, 1.165) is 4.57 Å². The van der Waals surface area contributed by atoms with Crippen LogP contribution in [0.1, 0.15) is 24.7 Å². The van der Waals surface area contributed by atoms with Crippen LogP contribution in [-0.2, 0) is 0 Å². The summed E-state index contributed by atoms with van der Waals surface area (Å²) in [5, 5.41) is -1.35. The van der Waals surface area contributed by atoms with Crippen LogP contribution in [0.4, 0.5) is 0 Å². The number of fused-ring (bicyclic) bond motifs is 6. The molecule has 0 aliphatic heterocycles. The molecule has 0 unspecified atom stereocenters. The molecule has 0 saturated carbocycles. The molecular weight excluding hydrogens is 613 g/mol. The van der Waals surface area contributed by atoms with E-state index in [4.69, 9.17) is 18.1 Å². The minimum absolute atomic E-state index is 0.127. The van der Waals surface area contributed by atoms with Gasteiger partial charge in [-0.05, 0) is 53.4 Å². The Morgan fingerprint density at radius 3 is 1.76 bits per heavy atom. The molecule has 0 saturated heterocycles. The molecule has 10 aromatic rings. The summed E-state index contributed by atoms with van der Waals surface area (Å²) in [6.45, 7) is 0. The second-order valence-electron chi connectivity index (χ2n) is 11.1. The van der Waals surface area contributed by atoms with Crippen LogP contribution < -0.4 is 0 Å². The van der Waals surface area contributed by atoms with Crippen molar-refractivity contribution < 1.29 is 29.1 Å². The maximum Gasteiger partial charge on any atom is 0.164 e. The van der Waals surface area contributed by atoms with Crippen molar-refractivity contribution in [2.45, 2.75) is 0 Å². The molecule has 50 heavy (non-hydrogen) atoms. The Labute approximate surface area is 313 Å². The van der Waals surface area contributed by atoms with Crippen LogP contribution in [0.25, 0.3) is 94.7 Å². The smallest absolute Gasteiger partial charge is 0.164 e. The van der Waals surface area contributed by atoms with Gasteiger partial charge in [-0.25, -0.2) is 15.0 Å². The fraction of sp³-hybridized carbons (Fsp3) is 0. The molecule has 0 aliphatic rings. The van der Waals surface area contributed by atoms with Crippen LogP contribution in [-0.4, -0.2) is 19.5 Å². The first-order valence-corrected chi connectivity index (χ1v) is 15.2. The van der Waals surface area contributed by atoms with Gasteiger partial charge >= 0.3 is 0 Å². The molecule has 0 aliphatic carbocycles. The number of nitrogens with zero attached hydrogens (tertiary/aromatic N) is 4. The van der Waals surface area contributed by atoms with Crippen molar-refractivity contribution in [3.05, 3.63) is 169 Å². The molecule has 3 heterocycles. The second kappa shape index (κ2) is 11.4. The minimum atomic E-state index is -0.913. The summed E-state index contributed by atoms with van der Waals surface area (Å²) in [4.78, 5) is 14.0. The van der Waals surface area contributed by atoms with Crippen LogP contribution in [0.3, 0.4) is 0 Å². The van der Waals surface area contributed by atoms with Gasteiger partial charge in [-0.3, -0.25) is 0 Å². The predicted octanol–water partition coefficient (Wildman–Crippen LogP) is 11.5. The summed E-state index contributed by atoms with van der Waals surface area (Å²) in [7, 11) is 0. The van der Waals surface area contributed by atoms with Crippen molar-refractivity contribution >= 4 is 43.7 Å². The van der Waals surface area contributed by atoms with Gasteiger partial charge in [0.15, 0.2) is 17.5 Å². The molecule has 234 valence electrons. The quantitative estimate of drug-likeness (QED) is 0.185. The summed E-state index contributed by atoms with van der Waals surface area (Å²) in [5.41, 5.74) is -3.17. The third-order valence-corrected chi connectivity index (χ3v) is 8.05. The Hall–Kier alpha value is -6.85. The van der Waals surface area contributed by atoms with E-state index in [1.54, 1.807) is 60.7 Å². The van der Waals surface area contributed by atoms with Crippen molar-refractivity contribution in [2.75, 3.05) is 0 Å². The highest BCUT2D eigenvalue weighted by Crippen LogP contribution is 2.37. The summed E-state index contributed by atoms with van der Waals surface area (Å²) in [5.74, 6) is -0.00839. The van der Waals surface area contributed by atoms with Crippen molar-refractivity contribution in [3.63, 3.8) is 0 Å². The molecule has 0 radical (unpaired) electrons. The number of benzene rings is 7. The fourth-order valence-corrected chi connectivity index (χ4v) is 5.76. The van der Waals surface area contributed by atoms with Crippen LogP contribution in [0, 0.1) is 0 Å². The van der Waals surface area contributed by atoms with E-state index in [9.17, 15) is 11.0 Å². The van der Waals surface area contributed by atoms with Gasteiger partial charge < -0.3 is 8.98 Å². The maximum absolute atomic E-state index is 9.89. The maximum atomic E-state index is 9.89. The van der Waals surface area contributed by atoms with E-state index in [2.05, 4.69) is 15.0 Å². The van der Waals surface area contributed by atoms with Gasteiger partial charge in [0.25, 0.3) is 0 Å². The first-order chi connectivity index (χ1) is 32.3. The summed E-state index contributed by atoms with van der Waals surface area (Å²) in [6.07, 6.45) is 0.